The molecule has 0 amide bonds. The summed E-state index contributed by atoms with van der Waals surface area (Å²) in [6.07, 6.45) is 5.38. The van der Waals surface area contributed by atoms with Gasteiger partial charge in [0.2, 0.25) is 0 Å². The quantitative estimate of drug-likeness (QED) is 0.855. The molecule has 1 aliphatic carbocycles. The molecule has 0 bridgehead atoms. The Kier molecular flexibility index (Phi) is 5.34. The molecule has 3 heteroatoms. The number of benzene rings is 1. The van der Waals surface area contributed by atoms with E-state index in [1.807, 2.05) is 0 Å². The number of nitrogens with one attached hydrogen (secondary N) is 1. The number of hydrogen-bond acceptors (Lipinski definition) is 2. The minimum atomic E-state index is -0.759. The van der Waals surface area contributed by atoms with Gasteiger partial charge in [-0.2, -0.15) is 0 Å². The molecule has 1 aromatic rings. The zero-order valence-electron chi connectivity index (χ0n) is 11.6. The zero-order valence-corrected chi connectivity index (χ0v) is 11.6. The van der Waals surface area contributed by atoms with Gasteiger partial charge >= 0.3 is 0 Å². The van der Waals surface area contributed by atoms with Crippen LogP contribution in [0.3, 0.4) is 0 Å². The Hall–Kier alpha value is -0.930. The van der Waals surface area contributed by atoms with Crippen LogP contribution in [-0.2, 0) is 0 Å². The van der Waals surface area contributed by atoms with Gasteiger partial charge in [-0.15, -0.1) is 0 Å². The Morgan fingerprint density at radius 3 is 2.58 bits per heavy atom. The van der Waals surface area contributed by atoms with Crippen LogP contribution in [0, 0.1) is 11.7 Å². The maximum atomic E-state index is 13.5. The molecule has 0 aromatic heterocycles. The van der Waals surface area contributed by atoms with Gasteiger partial charge < -0.3 is 10.4 Å². The Labute approximate surface area is 115 Å². The predicted molar refractivity (Wildman–Crippen MR) is 75.4 cm³/mol. The molecule has 0 radical (unpaired) electrons. The lowest BCUT2D eigenvalue weighted by Gasteiger charge is -2.29. The monoisotopic (exact) mass is 265 g/mol. The summed E-state index contributed by atoms with van der Waals surface area (Å²) >= 11 is 0. The van der Waals surface area contributed by atoms with Crippen molar-refractivity contribution in [2.75, 3.05) is 6.54 Å². The highest BCUT2D eigenvalue weighted by Crippen LogP contribution is 2.26. The number of hydrogen-bond donors (Lipinski definition) is 2. The molecule has 2 N–H and O–H groups in total. The molecule has 1 aliphatic rings. The molecule has 1 saturated carbocycles. The lowest BCUT2D eigenvalue weighted by molar-refractivity contribution is 0.158. The maximum absolute atomic E-state index is 13.5. The number of halogens is 1. The van der Waals surface area contributed by atoms with Gasteiger partial charge in [-0.3, -0.25) is 0 Å². The second kappa shape index (κ2) is 7.01. The predicted octanol–water partition coefficient (Wildman–Crippen LogP) is 3.42. The average molecular weight is 265 g/mol. The van der Waals surface area contributed by atoms with Crippen molar-refractivity contribution in [2.45, 2.75) is 51.2 Å². The SMILES string of the molecule is CCC1CCC(NCC(O)c2ccccc2F)CC1. The first kappa shape index (κ1) is 14.5. The Morgan fingerprint density at radius 2 is 1.95 bits per heavy atom. The summed E-state index contributed by atoms with van der Waals surface area (Å²) in [6.45, 7) is 2.68. The second-order valence-electron chi connectivity index (χ2n) is 5.57. The van der Waals surface area contributed by atoms with Gasteiger partial charge in [0.1, 0.15) is 5.82 Å². The Bertz CT molecular complexity index is 388. The van der Waals surface area contributed by atoms with Gasteiger partial charge in [0, 0.05) is 18.2 Å². The summed E-state index contributed by atoms with van der Waals surface area (Å²) < 4.78 is 13.5. The molecule has 2 nitrogen and oxygen atoms in total. The Morgan fingerprint density at radius 1 is 1.26 bits per heavy atom. The van der Waals surface area contributed by atoms with Crippen LogP contribution in [0.25, 0.3) is 0 Å². The lowest BCUT2D eigenvalue weighted by atomic mass is 9.84. The van der Waals surface area contributed by atoms with E-state index in [2.05, 4.69) is 12.2 Å². The number of aliphatic hydroxyl groups excluding tert-OH is 1. The summed E-state index contributed by atoms with van der Waals surface area (Å²) in [7, 11) is 0. The molecule has 1 aromatic carbocycles. The van der Waals surface area contributed by atoms with Gasteiger partial charge in [-0.25, -0.2) is 4.39 Å². The van der Waals surface area contributed by atoms with Crippen molar-refractivity contribution >= 4 is 0 Å². The summed E-state index contributed by atoms with van der Waals surface area (Å²) in [4.78, 5) is 0. The average Bonchev–Trinajstić information content (AvgIpc) is 2.46. The summed E-state index contributed by atoms with van der Waals surface area (Å²) in [6, 6.07) is 6.92. The van der Waals surface area contributed by atoms with E-state index in [4.69, 9.17) is 0 Å². The van der Waals surface area contributed by atoms with Gasteiger partial charge in [0.25, 0.3) is 0 Å². The largest absolute Gasteiger partial charge is 0.387 e. The van der Waals surface area contributed by atoms with Crippen LogP contribution in [0.5, 0.6) is 0 Å². The molecule has 1 unspecified atom stereocenters. The summed E-state index contributed by atoms with van der Waals surface area (Å²) in [5.41, 5.74) is 0.386. The number of aliphatic hydroxyl groups is 1. The van der Waals surface area contributed by atoms with Crippen molar-refractivity contribution in [1.82, 2.24) is 5.32 Å². The van der Waals surface area contributed by atoms with Crippen LogP contribution in [0.4, 0.5) is 4.39 Å². The fourth-order valence-electron chi connectivity index (χ4n) is 2.91. The third-order valence-electron chi connectivity index (χ3n) is 4.29. The van der Waals surface area contributed by atoms with Crippen LogP contribution < -0.4 is 5.32 Å². The van der Waals surface area contributed by atoms with E-state index in [1.54, 1.807) is 18.2 Å². The van der Waals surface area contributed by atoms with Gasteiger partial charge in [0.05, 0.1) is 6.10 Å². The lowest BCUT2D eigenvalue weighted by Crippen LogP contribution is -2.36. The first-order chi connectivity index (χ1) is 9.20. The second-order valence-corrected chi connectivity index (χ2v) is 5.57. The minimum Gasteiger partial charge on any atom is -0.387 e. The highest BCUT2D eigenvalue weighted by atomic mass is 19.1. The van der Waals surface area contributed by atoms with Crippen LogP contribution >= 0.6 is 0 Å². The molecule has 0 spiro atoms. The Balaban J connectivity index is 1.78. The molecule has 0 aliphatic heterocycles. The van der Waals surface area contributed by atoms with Crippen molar-refractivity contribution < 1.29 is 9.50 Å². The van der Waals surface area contributed by atoms with Gasteiger partial charge in [0.15, 0.2) is 0 Å². The van der Waals surface area contributed by atoms with E-state index in [0.29, 0.717) is 18.2 Å². The van der Waals surface area contributed by atoms with Crippen molar-refractivity contribution in [2.24, 2.45) is 5.92 Å². The fraction of sp³-hybridized carbons (Fsp3) is 0.625. The minimum absolute atomic E-state index is 0.327. The van der Waals surface area contributed by atoms with Crippen molar-refractivity contribution in [1.29, 1.82) is 0 Å². The van der Waals surface area contributed by atoms with Crippen LogP contribution in [0.1, 0.15) is 50.7 Å². The van der Waals surface area contributed by atoms with E-state index in [-0.39, 0.29) is 5.82 Å². The first-order valence-electron chi connectivity index (χ1n) is 7.36. The molecule has 0 saturated heterocycles. The fourth-order valence-corrected chi connectivity index (χ4v) is 2.91. The molecule has 2 rings (SSSR count). The van der Waals surface area contributed by atoms with Crippen molar-refractivity contribution in [3.63, 3.8) is 0 Å². The van der Waals surface area contributed by atoms with Crippen molar-refractivity contribution in [3.05, 3.63) is 35.6 Å². The van der Waals surface area contributed by atoms with E-state index in [1.165, 1.54) is 38.2 Å². The van der Waals surface area contributed by atoms with Crippen LogP contribution in [0.15, 0.2) is 24.3 Å². The highest BCUT2D eigenvalue weighted by molar-refractivity contribution is 5.20. The molecule has 1 atom stereocenters. The molecule has 19 heavy (non-hydrogen) atoms. The van der Waals surface area contributed by atoms with E-state index in [0.717, 1.165) is 5.92 Å². The molecular weight excluding hydrogens is 241 g/mol. The topological polar surface area (TPSA) is 32.3 Å². The molecule has 1 fully saturated rings. The molecule has 106 valence electrons. The van der Waals surface area contributed by atoms with Crippen molar-refractivity contribution in [3.8, 4) is 0 Å². The third-order valence-corrected chi connectivity index (χ3v) is 4.29. The molecule has 0 heterocycles. The van der Waals surface area contributed by atoms with E-state index in [9.17, 15) is 9.50 Å². The van der Waals surface area contributed by atoms with Crippen LogP contribution in [-0.4, -0.2) is 17.7 Å². The zero-order chi connectivity index (χ0) is 13.7. The van der Waals surface area contributed by atoms with E-state index < -0.39 is 6.10 Å². The highest BCUT2D eigenvalue weighted by Gasteiger charge is 2.21. The third kappa shape index (κ3) is 4.02. The summed E-state index contributed by atoms with van der Waals surface area (Å²) in [5, 5.41) is 13.4. The van der Waals surface area contributed by atoms with Gasteiger partial charge in [-0.05, 0) is 37.7 Å². The smallest absolute Gasteiger partial charge is 0.129 e. The maximum Gasteiger partial charge on any atom is 0.129 e. The number of rotatable bonds is 5. The van der Waals surface area contributed by atoms with E-state index >= 15 is 0 Å². The first-order valence-corrected chi connectivity index (χ1v) is 7.36. The van der Waals surface area contributed by atoms with Crippen LogP contribution in [0.2, 0.25) is 0 Å². The molecular formula is C16H24FNO. The van der Waals surface area contributed by atoms with Gasteiger partial charge in [-0.1, -0.05) is 31.5 Å². The summed E-state index contributed by atoms with van der Waals surface area (Å²) in [5.74, 6) is 0.543. The standard InChI is InChI=1S/C16H24FNO/c1-2-12-7-9-13(10-8-12)18-11-16(19)14-5-3-4-6-15(14)17/h3-6,12-13,16,18-19H,2,7-11H2,1H3. The normalized spacial score (nSPS) is 25.2.